The molecule has 3 N–H and O–H groups in total. The molecule has 0 heterocycles. The molecule has 9 heteroatoms. The lowest BCUT2D eigenvalue weighted by Gasteiger charge is -2.34. The molecule has 0 aromatic heterocycles. The average Bonchev–Trinajstić information content (AvgIpc) is 2.65. The molecule has 1 atom stereocenters. The predicted molar refractivity (Wildman–Crippen MR) is 97.4 cm³/mol. The van der Waals surface area contributed by atoms with E-state index in [2.05, 4.69) is 10.2 Å². The molecule has 2 aromatic rings. The Bertz CT molecular complexity index is 853. The molecular formula is C19H20F3N3O3. The molecular weight excluding hydrogens is 375 g/mol. The number of carbonyl (C=O) groups excluding carboxylic acids is 2. The van der Waals surface area contributed by atoms with Crippen molar-refractivity contribution < 1.29 is 27.5 Å². The highest BCUT2D eigenvalue weighted by atomic mass is 19.4. The predicted octanol–water partition coefficient (Wildman–Crippen LogP) is 3.08. The van der Waals surface area contributed by atoms with Crippen LogP contribution in [0.25, 0.3) is 0 Å². The van der Waals surface area contributed by atoms with Crippen molar-refractivity contribution in [1.29, 1.82) is 0 Å². The third-order valence-corrected chi connectivity index (χ3v) is 4.06. The Morgan fingerprint density at radius 1 is 0.964 bits per heavy atom. The summed E-state index contributed by atoms with van der Waals surface area (Å²) in [5, 5.41) is 1.73. The van der Waals surface area contributed by atoms with Crippen molar-refractivity contribution in [2.45, 2.75) is 25.7 Å². The number of hydrogen-bond donors (Lipinski definition) is 3. The van der Waals surface area contributed by atoms with Crippen molar-refractivity contribution >= 4 is 17.6 Å². The Balaban J connectivity index is 2.39. The van der Waals surface area contributed by atoms with Gasteiger partial charge in [0.15, 0.2) is 0 Å². The molecule has 0 saturated heterocycles. The fourth-order valence-corrected chi connectivity index (χ4v) is 2.37. The molecule has 6 nitrogen and oxygen atoms in total. The molecule has 150 valence electrons. The summed E-state index contributed by atoms with van der Waals surface area (Å²) in [7, 11) is 0.802. The van der Waals surface area contributed by atoms with Crippen molar-refractivity contribution in [1.82, 2.24) is 10.7 Å². The number of amides is 1. The number of benzene rings is 2. The standard InChI is InChI=1S/C19H20F3N3O3/c1-12-8-10-14(11-9-12)16(26)23-18(17(27)28-3,19(20,21)22)25-24-15-7-5-4-6-13(15)2/h4-11,24-25H,1-3H3,(H,23,26)/t18-/m1/s1. The van der Waals surface area contributed by atoms with Crippen LogP contribution in [-0.2, 0) is 9.53 Å². The van der Waals surface area contributed by atoms with Crippen LogP contribution in [0.2, 0.25) is 0 Å². The number of esters is 1. The van der Waals surface area contributed by atoms with Crippen LogP contribution in [0.4, 0.5) is 18.9 Å². The summed E-state index contributed by atoms with van der Waals surface area (Å²) in [5.41, 5.74) is 2.47. The van der Waals surface area contributed by atoms with Gasteiger partial charge in [-0.1, -0.05) is 35.9 Å². The van der Waals surface area contributed by atoms with E-state index in [4.69, 9.17) is 0 Å². The molecule has 28 heavy (non-hydrogen) atoms. The summed E-state index contributed by atoms with van der Waals surface area (Å²) in [4.78, 5) is 24.6. The van der Waals surface area contributed by atoms with E-state index in [1.165, 1.54) is 18.2 Å². The molecule has 0 aliphatic heterocycles. The van der Waals surface area contributed by atoms with Gasteiger partial charge in [0.2, 0.25) is 0 Å². The third kappa shape index (κ3) is 4.42. The largest absolute Gasteiger partial charge is 0.466 e. The lowest BCUT2D eigenvalue weighted by Crippen LogP contribution is -2.73. The summed E-state index contributed by atoms with van der Waals surface area (Å²) in [5.74, 6) is -2.82. The first-order chi connectivity index (χ1) is 13.1. The van der Waals surface area contributed by atoms with E-state index >= 15 is 0 Å². The Labute approximate surface area is 160 Å². The number of alkyl halides is 3. The van der Waals surface area contributed by atoms with Gasteiger partial charge in [-0.15, -0.1) is 0 Å². The number of hydrazine groups is 1. The van der Waals surface area contributed by atoms with Gasteiger partial charge in [0.05, 0.1) is 12.8 Å². The highest BCUT2D eigenvalue weighted by molar-refractivity contribution is 5.98. The number of anilines is 1. The maximum absolute atomic E-state index is 13.9. The molecule has 0 spiro atoms. The minimum Gasteiger partial charge on any atom is -0.466 e. The van der Waals surface area contributed by atoms with Gasteiger partial charge >= 0.3 is 17.8 Å². The van der Waals surface area contributed by atoms with Crippen LogP contribution in [0, 0.1) is 13.8 Å². The van der Waals surface area contributed by atoms with Gasteiger partial charge in [-0.25, -0.2) is 4.79 Å². The van der Waals surface area contributed by atoms with Crippen molar-refractivity contribution in [3.63, 3.8) is 0 Å². The van der Waals surface area contributed by atoms with E-state index < -0.39 is 23.7 Å². The molecule has 2 aromatic carbocycles. The van der Waals surface area contributed by atoms with Gasteiger partial charge in [-0.05, 0) is 37.6 Å². The number of carbonyl (C=O) groups is 2. The molecule has 0 aliphatic rings. The Morgan fingerprint density at radius 3 is 2.11 bits per heavy atom. The van der Waals surface area contributed by atoms with E-state index in [0.717, 1.165) is 12.7 Å². The Hall–Kier alpha value is -3.07. The van der Waals surface area contributed by atoms with E-state index in [-0.39, 0.29) is 5.56 Å². The smallest absolute Gasteiger partial charge is 0.438 e. The fraction of sp³-hybridized carbons (Fsp3) is 0.263. The van der Waals surface area contributed by atoms with E-state index in [9.17, 15) is 22.8 Å². The number of rotatable bonds is 6. The van der Waals surface area contributed by atoms with E-state index in [0.29, 0.717) is 11.3 Å². The van der Waals surface area contributed by atoms with Crippen LogP contribution in [0.1, 0.15) is 21.5 Å². The molecule has 0 fully saturated rings. The summed E-state index contributed by atoms with van der Waals surface area (Å²) < 4.78 is 46.2. The number of para-hydroxylation sites is 1. The Morgan fingerprint density at radius 2 is 1.57 bits per heavy atom. The van der Waals surface area contributed by atoms with Crippen molar-refractivity contribution in [2.24, 2.45) is 0 Å². The summed E-state index contributed by atoms with van der Waals surface area (Å²) in [6.07, 6.45) is -5.21. The molecule has 1 amide bonds. The van der Waals surface area contributed by atoms with Crippen LogP contribution < -0.4 is 16.2 Å². The second-order valence-corrected chi connectivity index (χ2v) is 6.12. The number of methoxy groups -OCH3 is 1. The number of ether oxygens (including phenoxy) is 1. The van der Waals surface area contributed by atoms with Gasteiger partial charge in [-0.3, -0.25) is 4.79 Å². The van der Waals surface area contributed by atoms with Gasteiger partial charge in [0, 0.05) is 5.56 Å². The number of hydrogen-bond acceptors (Lipinski definition) is 5. The van der Waals surface area contributed by atoms with E-state index in [1.54, 1.807) is 49.5 Å². The minimum atomic E-state index is -5.21. The third-order valence-electron chi connectivity index (χ3n) is 4.06. The van der Waals surface area contributed by atoms with Gasteiger partial charge < -0.3 is 15.5 Å². The number of aryl methyl sites for hydroxylation is 2. The van der Waals surface area contributed by atoms with Crippen LogP contribution in [-0.4, -0.2) is 30.8 Å². The van der Waals surface area contributed by atoms with Gasteiger partial charge in [-0.2, -0.15) is 18.6 Å². The zero-order chi connectivity index (χ0) is 20.9. The summed E-state index contributed by atoms with van der Waals surface area (Å²) in [6, 6.07) is 12.4. The summed E-state index contributed by atoms with van der Waals surface area (Å²) in [6.45, 7) is 3.44. The summed E-state index contributed by atoms with van der Waals surface area (Å²) >= 11 is 0. The van der Waals surface area contributed by atoms with Crippen LogP contribution in [0.15, 0.2) is 48.5 Å². The van der Waals surface area contributed by atoms with Crippen molar-refractivity contribution in [3.8, 4) is 0 Å². The highest BCUT2D eigenvalue weighted by Crippen LogP contribution is 2.30. The molecule has 0 saturated carbocycles. The molecule has 0 unspecified atom stereocenters. The number of nitrogens with one attached hydrogen (secondary N) is 3. The second-order valence-electron chi connectivity index (χ2n) is 6.12. The quantitative estimate of drug-likeness (QED) is 0.398. The second kappa shape index (κ2) is 8.30. The molecule has 0 aliphatic carbocycles. The maximum Gasteiger partial charge on any atom is 0.438 e. The SMILES string of the molecule is COC(=O)[C@](NNc1ccccc1C)(NC(=O)c1ccc(C)cc1)C(F)(F)F. The first-order valence-electron chi connectivity index (χ1n) is 8.24. The van der Waals surface area contributed by atoms with Crippen molar-refractivity contribution in [2.75, 3.05) is 12.5 Å². The lowest BCUT2D eigenvalue weighted by molar-refractivity contribution is -0.215. The normalized spacial score (nSPS) is 13.4. The fourth-order valence-electron chi connectivity index (χ4n) is 2.37. The van der Waals surface area contributed by atoms with Crippen LogP contribution in [0.3, 0.4) is 0 Å². The van der Waals surface area contributed by atoms with Crippen molar-refractivity contribution in [3.05, 3.63) is 65.2 Å². The molecule has 2 rings (SSSR count). The first-order valence-corrected chi connectivity index (χ1v) is 8.24. The van der Waals surface area contributed by atoms with Gasteiger partial charge in [0.1, 0.15) is 0 Å². The zero-order valence-electron chi connectivity index (χ0n) is 15.5. The monoisotopic (exact) mass is 395 g/mol. The molecule has 0 bridgehead atoms. The van der Waals surface area contributed by atoms with E-state index in [1.807, 2.05) is 5.43 Å². The van der Waals surface area contributed by atoms with Crippen LogP contribution in [0.5, 0.6) is 0 Å². The topological polar surface area (TPSA) is 79.5 Å². The number of halogens is 3. The lowest BCUT2D eigenvalue weighted by atomic mass is 10.1. The van der Waals surface area contributed by atoms with Gasteiger partial charge in [0.25, 0.3) is 5.91 Å². The minimum absolute atomic E-state index is 0.0409. The maximum atomic E-state index is 13.9. The average molecular weight is 395 g/mol. The first kappa shape index (κ1) is 21.2. The highest BCUT2D eigenvalue weighted by Gasteiger charge is 2.63. The Kier molecular flexibility index (Phi) is 6.30. The molecule has 0 radical (unpaired) electrons. The van der Waals surface area contributed by atoms with Crippen LogP contribution >= 0.6 is 0 Å². The zero-order valence-corrected chi connectivity index (χ0v) is 15.5.